The van der Waals surface area contributed by atoms with Crippen LogP contribution in [0.25, 0.3) is 0 Å². The standard InChI is InChI=1S/C14H22N2O2/c1-4-5-8-18-13-9-11(6-7-12(13)15)14(17)16-10(2)3/h6-7,9-10H,4-5,8,15H2,1-3H3,(H,16,17). The third-order valence-corrected chi connectivity index (χ3v) is 2.45. The van der Waals surface area contributed by atoms with Crippen LogP contribution in [0.3, 0.4) is 0 Å². The molecule has 1 amide bonds. The molecule has 0 atom stereocenters. The number of carbonyl (C=O) groups is 1. The maximum absolute atomic E-state index is 11.8. The minimum atomic E-state index is -0.106. The first-order chi connectivity index (χ1) is 8.54. The van der Waals surface area contributed by atoms with E-state index >= 15 is 0 Å². The number of nitrogen functional groups attached to an aromatic ring is 1. The Morgan fingerprint density at radius 1 is 1.44 bits per heavy atom. The maximum Gasteiger partial charge on any atom is 0.251 e. The summed E-state index contributed by atoms with van der Waals surface area (Å²) in [5.74, 6) is 0.477. The van der Waals surface area contributed by atoms with Gasteiger partial charge in [0.25, 0.3) is 5.91 Å². The second-order valence-electron chi connectivity index (χ2n) is 4.58. The van der Waals surface area contributed by atoms with Crippen LogP contribution in [-0.4, -0.2) is 18.6 Å². The Balaban J connectivity index is 2.76. The van der Waals surface area contributed by atoms with Gasteiger partial charge in [0.1, 0.15) is 5.75 Å². The Bertz CT molecular complexity index is 403. The second kappa shape index (κ2) is 6.89. The van der Waals surface area contributed by atoms with Gasteiger partial charge >= 0.3 is 0 Å². The maximum atomic E-state index is 11.8. The van der Waals surface area contributed by atoms with Gasteiger partial charge in [0.05, 0.1) is 12.3 Å². The van der Waals surface area contributed by atoms with Crippen molar-refractivity contribution < 1.29 is 9.53 Å². The lowest BCUT2D eigenvalue weighted by Gasteiger charge is -2.12. The molecule has 4 heteroatoms. The van der Waals surface area contributed by atoms with Gasteiger partial charge in [-0.3, -0.25) is 4.79 Å². The van der Waals surface area contributed by atoms with Crippen LogP contribution in [-0.2, 0) is 0 Å². The fraction of sp³-hybridized carbons (Fsp3) is 0.500. The lowest BCUT2D eigenvalue weighted by molar-refractivity contribution is 0.0942. The molecule has 0 aliphatic heterocycles. The minimum absolute atomic E-state index is 0.106. The molecule has 0 fully saturated rings. The number of benzene rings is 1. The topological polar surface area (TPSA) is 64.3 Å². The molecule has 0 heterocycles. The first-order valence-electron chi connectivity index (χ1n) is 6.37. The van der Waals surface area contributed by atoms with Gasteiger partial charge in [0.15, 0.2) is 0 Å². The number of amides is 1. The summed E-state index contributed by atoms with van der Waals surface area (Å²) in [5.41, 5.74) is 6.95. The Kier molecular flexibility index (Phi) is 5.49. The van der Waals surface area contributed by atoms with Crippen molar-refractivity contribution in [1.82, 2.24) is 5.32 Å². The van der Waals surface area contributed by atoms with E-state index < -0.39 is 0 Å². The van der Waals surface area contributed by atoms with Crippen molar-refractivity contribution in [2.24, 2.45) is 0 Å². The van der Waals surface area contributed by atoms with Gasteiger partial charge in [-0.2, -0.15) is 0 Å². The first-order valence-corrected chi connectivity index (χ1v) is 6.37. The van der Waals surface area contributed by atoms with E-state index in [2.05, 4.69) is 12.2 Å². The zero-order valence-electron chi connectivity index (χ0n) is 11.3. The molecule has 18 heavy (non-hydrogen) atoms. The van der Waals surface area contributed by atoms with Crippen LogP contribution >= 0.6 is 0 Å². The molecule has 3 N–H and O–H groups in total. The van der Waals surface area contributed by atoms with E-state index in [4.69, 9.17) is 10.5 Å². The molecule has 4 nitrogen and oxygen atoms in total. The van der Waals surface area contributed by atoms with Crippen molar-refractivity contribution in [2.75, 3.05) is 12.3 Å². The summed E-state index contributed by atoms with van der Waals surface area (Å²) in [4.78, 5) is 11.8. The number of hydrogen-bond acceptors (Lipinski definition) is 3. The van der Waals surface area contributed by atoms with Crippen LogP contribution in [0.5, 0.6) is 5.75 Å². The fourth-order valence-electron chi connectivity index (χ4n) is 1.47. The van der Waals surface area contributed by atoms with Crippen molar-refractivity contribution in [3.63, 3.8) is 0 Å². The Morgan fingerprint density at radius 2 is 2.17 bits per heavy atom. The van der Waals surface area contributed by atoms with E-state index in [0.717, 1.165) is 12.8 Å². The lowest BCUT2D eigenvalue weighted by Crippen LogP contribution is -2.30. The number of anilines is 1. The molecule has 1 aromatic rings. The van der Waals surface area contributed by atoms with Crippen LogP contribution in [0, 0.1) is 0 Å². The second-order valence-corrected chi connectivity index (χ2v) is 4.58. The highest BCUT2D eigenvalue weighted by Gasteiger charge is 2.10. The zero-order chi connectivity index (χ0) is 13.5. The van der Waals surface area contributed by atoms with E-state index in [9.17, 15) is 4.79 Å². The van der Waals surface area contributed by atoms with Crippen molar-refractivity contribution in [2.45, 2.75) is 39.7 Å². The molecule has 0 aromatic heterocycles. The van der Waals surface area contributed by atoms with Crippen LogP contribution in [0.4, 0.5) is 5.69 Å². The average Bonchev–Trinajstić information content (AvgIpc) is 2.30. The predicted molar refractivity (Wildman–Crippen MR) is 73.9 cm³/mol. The Hall–Kier alpha value is -1.71. The number of nitrogens with one attached hydrogen (secondary N) is 1. The Labute approximate surface area is 109 Å². The quantitative estimate of drug-likeness (QED) is 0.602. The zero-order valence-corrected chi connectivity index (χ0v) is 11.3. The highest BCUT2D eigenvalue weighted by Crippen LogP contribution is 2.23. The summed E-state index contributed by atoms with van der Waals surface area (Å²) < 4.78 is 5.57. The normalized spacial score (nSPS) is 10.4. The van der Waals surface area contributed by atoms with Gasteiger partial charge in [-0.25, -0.2) is 0 Å². The Morgan fingerprint density at radius 3 is 2.78 bits per heavy atom. The van der Waals surface area contributed by atoms with Gasteiger partial charge in [-0.15, -0.1) is 0 Å². The molecule has 1 aromatic carbocycles. The number of rotatable bonds is 6. The lowest BCUT2D eigenvalue weighted by atomic mass is 10.1. The molecular formula is C14H22N2O2. The molecule has 0 spiro atoms. The van der Waals surface area contributed by atoms with E-state index in [1.54, 1.807) is 18.2 Å². The summed E-state index contributed by atoms with van der Waals surface area (Å²) in [7, 11) is 0. The van der Waals surface area contributed by atoms with Crippen LogP contribution in [0.1, 0.15) is 44.0 Å². The van der Waals surface area contributed by atoms with Crippen LogP contribution in [0.15, 0.2) is 18.2 Å². The highest BCUT2D eigenvalue weighted by molar-refractivity contribution is 5.95. The largest absolute Gasteiger partial charge is 0.491 e. The summed E-state index contributed by atoms with van der Waals surface area (Å²) in [6.07, 6.45) is 2.04. The summed E-state index contributed by atoms with van der Waals surface area (Å²) in [5, 5.41) is 2.84. The smallest absolute Gasteiger partial charge is 0.251 e. The summed E-state index contributed by atoms with van der Waals surface area (Å²) in [6, 6.07) is 5.22. The summed E-state index contributed by atoms with van der Waals surface area (Å²) >= 11 is 0. The molecule has 0 aliphatic rings. The highest BCUT2D eigenvalue weighted by atomic mass is 16.5. The minimum Gasteiger partial charge on any atom is -0.491 e. The molecule has 0 saturated carbocycles. The van der Waals surface area contributed by atoms with Crippen molar-refractivity contribution in [1.29, 1.82) is 0 Å². The molecule has 100 valence electrons. The van der Waals surface area contributed by atoms with E-state index in [0.29, 0.717) is 23.6 Å². The number of ether oxygens (including phenoxy) is 1. The van der Waals surface area contributed by atoms with Gasteiger partial charge in [0, 0.05) is 11.6 Å². The number of carbonyl (C=O) groups excluding carboxylic acids is 1. The summed E-state index contributed by atoms with van der Waals surface area (Å²) in [6.45, 7) is 6.57. The third kappa shape index (κ3) is 4.28. The molecule has 0 radical (unpaired) electrons. The number of unbranched alkanes of at least 4 members (excludes halogenated alkanes) is 1. The third-order valence-electron chi connectivity index (χ3n) is 2.45. The fourth-order valence-corrected chi connectivity index (χ4v) is 1.47. The molecule has 1 rings (SSSR count). The van der Waals surface area contributed by atoms with Gasteiger partial charge in [-0.1, -0.05) is 13.3 Å². The van der Waals surface area contributed by atoms with Gasteiger partial charge in [-0.05, 0) is 38.5 Å². The molecule has 0 unspecified atom stereocenters. The van der Waals surface area contributed by atoms with E-state index in [-0.39, 0.29) is 11.9 Å². The van der Waals surface area contributed by atoms with Gasteiger partial charge in [0.2, 0.25) is 0 Å². The number of nitrogens with two attached hydrogens (primary N) is 1. The monoisotopic (exact) mass is 250 g/mol. The van der Waals surface area contributed by atoms with E-state index in [1.807, 2.05) is 13.8 Å². The molecule has 0 saturated heterocycles. The van der Waals surface area contributed by atoms with Crippen LogP contribution < -0.4 is 15.8 Å². The predicted octanol–water partition coefficient (Wildman–Crippen LogP) is 2.59. The van der Waals surface area contributed by atoms with E-state index in [1.165, 1.54) is 0 Å². The van der Waals surface area contributed by atoms with Crippen molar-refractivity contribution in [3.8, 4) is 5.75 Å². The molecular weight excluding hydrogens is 228 g/mol. The molecule has 0 aliphatic carbocycles. The SMILES string of the molecule is CCCCOc1cc(C(=O)NC(C)C)ccc1N. The van der Waals surface area contributed by atoms with Crippen LogP contribution in [0.2, 0.25) is 0 Å². The van der Waals surface area contributed by atoms with Crippen molar-refractivity contribution in [3.05, 3.63) is 23.8 Å². The first kappa shape index (κ1) is 14.4. The average molecular weight is 250 g/mol. The number of hydrogen-bond donors (Lipinski definition) is 2. The molecule has 0 bridgehead atoms. The van der Waals surface area contributed by atoms with Gasteiger partial charge < -0.3 is 15.8 Å². The van der Waals surface area contributed by atoms with Crippen molar-refractivity contribution >= 4 is 11.6 Å².